The molecule has 4 heteroatoms. The number of benzene rings is 1. The van der Waals surface area contributed by atoms with Crippen molar-refractivity contribution >= 4 is 32.5 Å². The molecule has 90 valence electrons. The van der Waals surface area contributed by atoms with Crippen LogP contribution < -0.4 is 4.90 Å². The Hall–Kier alpha value is -1.16. The summed E-state index contributed by atoms with van der Waals surface area (Å²) in [6, 6.07) is 8.26. The largest absolute Gasteiger partial charge is 0.354 e. The summed E-state index contributed by atoms with van der Waals surface area (Å²) in [5.74, 6) is 0.990. The Morgan fingerprint density at radius 1 is 1.24 bits per heavy atom. The maximum atomic E-state index is 4.30. The van der Waals surface area contributed by atoms with Gasteiger partial charge in [0, 0.05) is 29.2 Å². The van der Waals surface area contributed by atoms with Gasteiger partial charge in [-0.25, -0.2) is 0 Å². The summed E-state index contributed by atoms with van der Waals surface area (Å²) in [5, 5.41) is 11.7. The highest BCUT2D eigenvalue weighted by Crippen LogP contribution is 2.23. The third kappa shape index (κ3) is 2.75. The molecule has 1 aromatic carbocycles. The third-order valence-electron chi connectivity index (χ3n) is 2.70. The Balaban J connectivity index is 2.44. The molecule has 0 spiro atoms. The standard InChI is InChI=1S/C13H16BrN3/c1-2-8-17(9-7-14)13-12-6-4-3-5-11(12)10-15-16-13/h3-6,10H,2,7-9H2,1H3. The van der Waals surface area contributed by atoms with E-state index >= 15 is 0 Å². The number of anilines is 1. The van der Waals surface area contributed by atoms with Crippen molar-refractivity contribution in [1.82, 2.24) is 10.2 Å². The van der Waals surface area contributed by atoms with Gasteiger partial charge >= 0.3 is 0 Å². The summed E-state index contributed by atoms with van der Waals surface area (Å²) < 4.78 is 0. The van der Waals surface area contributed by atoms with Crippen LogP contribution >= 0.6 is 15.9 Å². The number of fused-ring (bicyclic) bond motifs is 1. The topological polar surface area (TPSA) is 29.0 Å². The molecule has 0 bridgehead atoms. The maximum Gasteiger partial charge on any atom is 0.159 e. The van der Waals surface area contributed by atoms with Crippen LogP contribution in [0, 0.1) is 0 Å². The molecule has 0 saturated heterocycles. The molecule has 0 unspecified atom stereocenters. The maximum absolute atomic E-state index is 4.30. The molecule has 0 aliphatic rings. The lowest BCUT2D eigenvalue weighted by Crippen LogP contribution is -2.27. The SMILES string of the molecule is CCCN(CCBr)c1nncc2ccccc12. The van der Waals surface area contributed by atoms with Gasteiger partial charge in [-0.2, -0.15) is 5.10 Å². The number of alkyl halides is 1. The third-order valence-corrected chi connectivity index (χ3v) is 3.05. The summed E-state index contributed by atoms with van der Waals surface area (Å²) in [4.78, 5) is 2.28. The second-order valence-corrected chi connectivity index (χ2v) is 4.72. The van der Waals surface area contributed by atoms with Crippen molar-refractivity contribution in [1.29, 1.82) is 0 Å². The van der Waals surface area contributed by atoms with E-state index < -0.39 is 0 Å². The first-order valence-corrected chi connectivity index (χ1v) is 7.00. The van der Waals surface area contributed by atoms with Crippen molar-refractivity contribution in [3.63, 3.8) is 0 Å². The van der Waals surface area contributed by atoms with Gasteiger partial charge in [0.15, 0.2) is 5.82 Å². The van der Waals surface area contributed by atoms with E-state index in [1.54, 1.807) is 0 Å². The highest BCUT2D eigenvalue weighted by molar-refractivity contribution is 9.09. The molecule has 2 rings (SSSR count). The van der Waals surface area contributed by atoms with Crippen LogP contribution in [0.5, 0.6) is 0 Å². The quantitative estimate of drug-likeness (QED) is 0.793. The van der Waals surface area contributed by atoms with Gasteiger partial charge in [0.2, 0.25) is 0 Å². The average Bonchev–Trinajstić information content (AvgIpc) is 2.38. The first kappa shape index (κ1) is 12.3. The number of rotatable bonds is 5. The number of nitrogens with zero attached hydrogens (tertiary/aromatic N) is 3. The van der Waals surface area contributed by atoms with E-state index in [1.807, 2.05) is 18.3 Å². The predicted molar refractivity (Wildman–Crippen MR) is 75.8 cm³/mol. The summed E-state index contributed by atoms with van der Waals surface area (Å²) in [7, 11) is 0. The Bertz CT molecular complexity index is 476. The molecule has 0 fully saturated rings. The Morgan fingerprint density at radius 3 is 2.82 bits per heavy atom. The predicted octanol–water partition coefficient (Wildman–Crippen LogP) is 3.24. The van der Waals surface area contributed by atoms with Crippen molar-refractivity contribution < 1.29 is 0 Å². The minimum atomic E-state index is 0.942. The van der Waals surface area contributed by atoms with Crippen LogP contribution in [0.4, 0.5) is 5.82 Å². The van der Waals surface area contributed by atoms with Crippen molar-refractivity contribution in [2.45, 2.75) is 13.3 Å². The van der Waals surface area contributed by atoms with Gasteiger partial charge in [-0.1, -0.05) is 47.1 Å². The molecular weight excluding hydrogens is 278 g/mol. The summed E-state index contributed by atoms with van der Waals surface area (Å²) in [5.41, 5.74) is 0. The number of aromatic nitrogens is 2. The highest BCUT2D eigenvalue weighted by atomic mass is 79.9. The van der Waals surface area contributed by atoms with E-state index in [9.17, 15) is 0 Å². The number of hydrogen-bond acceptors (Lipinski definition) is 3. The molecule has 1 aromatic heterocycles. The fourth-order valence-electron chi connectivity index (χ4n) is 1.94. The van der Waals surface area contributed by atoms with Crippen LogP contribution in [-0.2, 0) is 0 Å². The Morgan fingerprint density at radius 2 is 2.06 bits per heavy atom. The zero-order valence-electron chi connectivity index (χ0n) is 9.93. The Kier molecular flexibility index (Phi) is 4.31. The van der Waals surface area contributed by atoms with Crippen LogP contribution in [0.1, 0.15) is 13.3 Å². The van der Waals surface area contributed by atoms with E-state index in [0.29, 0.717) is 0 Å². The zero-order valence-corrected chi connectivity index (χ0v) is 11.5. The minimum absolute atomic E-state index is 0.942. The molecule has 2 aromatic rings. The van der Waals surface area contributed by atoms with E-state index in [-0.39, 0.29) is 0 Å². The lowest BCUT2D eigenvalue weighted by molar-refractivity contribution is 0.777. The molecule has 0 aliphatic heterocycles. The van der Waals surface area contributed by atoms with E-state index in [2.05, 4.69) is 50.1 Å². The van der Waals surface area contributed by atoms with Gasteiger partial charge in [-0.3, -0.25) is 0 Å². The van der Waals surface area contributed by atoms with Gasteiger partial charge in [-0.05, 0) is 6.42 Å². The lowest BCUT2D eigenvalue weighted by atomic mass is 10.2. The smallest absolute Gasteiger partial charge is 0.159 e. The van der Waals surface area contributed by atoms with Gasteiger partial charge in [-0.15, -0.1) is 5.10 Å². The van der Waals surface area contributed by atoms with Crippen LogP contribution in [0.3, 0.4) is 0 Å². The molecule has 0 aliphatic carbocycles. The van der Waals surface area contributed by atoms with Crippen LogP contribution in [-0.4, -0.2) is 28.6 Å². The fraction of sp³-hybridized carbons (Fsp3) is 0.385. The zero-order chi connectivity index (χ0) is 12.1. The van der Waals surface area contributed by atoms with Gasteiger partial charge in [0.1, 0.15) is 0 Å². The van der Waals surface area contributed by atoms with Crippen molar-refractivity contribution in [3.05, 3.63) is 30.5 Å². The molecule has 1 heterocycles. The average molecular weight is 294 g/mol. The normalized spacial score (nSPS) is 10.7. The van der Waals surface area contributed by atoms with Gasteiger partial charge in [0.05, 0.1) is 6.20 Å². The van der Waals surface area contributed by atoms with Gasteiger partial charge in [0.25, 0.3) is 0 Å². The molecule has 3 nitrogen and oxygen atoms in total. The molecule has 0 N–H and O–H groups in total. The molecule has 0 radical (unpaired) electrons. The second-order valence-electron chi connectivity index (χ2n) is 3.93. The Labute approximate surface area is 110 Å². The molecular formula is C13H16BrN3. The minimum Gasteiger partial charge on any atom is -0.354 e. The summed E-state index contributed by atoms with van der Waals surface area (Å²) in [6.45, 7) is 4.14. The summed E-state index contributed by atoms with van der Waals surface area (Å²) in [6.07, 6.45) is 2.93. The van der Waals surface area contributed by atoms with Crippen molar-refractivity contribution in [2.24, 2.45) is 0 Å². The van der Waals surface area contributed by atoms with E-state index in [1.165, 1.54) is 5.39 Å². The monoisotopic (exact) mass is 293 g/mol. The van der Waals surface area contributed by atoms with Crippen molar-refractivity contribution in [3.8, 4) is 0 Å². The highest BCUT2D eigenvalue weighted by Gasteiger charge is 2.10. The van der Waals surface area contributed by atoms with Crippen LogP contribution in [0.15, 0.2) is 30.5 Å². The molecule has 0 saturated carbocycles. The van der Waals surface area contributed by atoms with E-state index in [0.717, 1.165) is 36.0 Å². The number of halogens is 1. The molecule has 0 amide bonds. The second kappa shape index (κ2) is 5.96. The fourth-order valence-corrected chi connectivity index (χ4v) is 2.37. The first-order valence-electron chi connectivity index (χ1n) is 5.88. The first-order chi connectivity index (χ1) is 8.36. The van der Waals surface area contributed by atoms with Crippen LogP contribution in [0.2, 0.25) is 0 Å². The van der Waals surface area contributed by atoms with Crippen LogP contribution in [0.25, 0.3) is 10.8 Å². The number of hydrogen-bond donors (Lipinski definition) is 0. The van der Waals surface area contributed by atoms with Gasteiger partial charge < -0.3 is 4.90 Å². The molecule has 0 atom stereocenters. The molecule has 17 heavy (non-hydrogen) atoms. The summed E-state index contributed by atoms with van der Waals surface area (Å²) >= 11 is 3.49. The van der Waals surface area contributed by atoms with Crippen molar-refractivity contribution in [2.75, 3.05) is 23.3 Å². The van der Waals surface area contributed by atoms with E-state index in [4.69, 9.17) is 0 Å². The lowest BCUT2D eigenvalue weighted by Gasteiger charge is -2.22.